The number of anilines is 1. The molecule has 1 atom stereocenters. The molecule has 1 aromatic carbocycles. The standard InChI is InChI=1S/C16H24N2O3/c1-4-6-13-7-9-14(10-8-13)17-16(21)18(11-15(19)20)12(3)5-2/h7-10,12H,4-6,11H2,1-3H3,(H,17,21)(H,19,20). The van der Waals surface area contributed by atoms with Crippen molar-refractivity contribution in [3.05, 3.63) is 29.8 Å². The van der Waals surface area contributed by atoms with Crippen molar-refractivity contribution in [2.75, 3.05) is 11.9 Å². The second kappa shape index (κ2) is 8.29. The molecule has 21 heavy (non-hydrogen) atoms. The van der Waals surface area contributed by atoms with Gasteiger partial charge in [-0.25, -0.2) is 4.79 Å². The molecule has 0 saturated heterocycles. The largest absolute Gasteiger partial charge is 0.480 e. The highest BCUT2D eigenvalue weighted by Crippen LogP contribution is 2.13. The molecule has 0 aromatic heterocycles. The van der Waals surface area contributed by atoms with E-state index in [9.17, 15) is 9.59 Å². The number of rotatable bonds is 7. The SMILES string of the molecule is CCCc1ccc(NC(=O)N(CC(=O)O)C(C)CC)cc1. The maximum atomic E-state index is 12.2. The van der Waals surface area contributed by atoms with Gasteiger partial charge in [-0.1, -0.05) is 32.4 Å². The molecule has 0 bridgehead atoms. The monoisotopic (exact) mass is 292 g/mol. The van der Waals surface area contributed by atoms with Crippen molar-refractivity contribution >= 4 is 17.7 Å². The Bertz CT molecular complexity index is 471. The smallest absolute Gasteiger partial charge is 0.323 e. The Morgan fingerprint density at radius 2 is 1.86 bits per heavy atom. The fourth-order valence-electron chi connectivity index (χ4n) is 2.03. The van der Waals surface area contributed by atoms with E-state index in [1.54, 1.807) is 0 Å². The molecular weight excluding hydrogens is 268 g/mol. The van der Waals surface area contributed by atoms with E-state index in [4.69, 9.17) is 5.11 Å². The number of hydrogen-bond donors (Lipinski definition) is 2. The molecule has 0 saturated carbocycles. The van der Waals surface area contributed by atoms with Gasteiger partial charge in [-0.2, -0.15) is 0 Å². The van der Waals surface area contributed by atoms with E-state index in [2.05, 4.69) is 12.2 Å². The number of benzene rings is 1. The van der Waals surface area contributed by atoms with Crippen LogP contribution in [0.15, 0.2) is 24.3 Å². The first-order valence-electron chi connectivity index (χ1n) is 7.36. The van der Waals surface area contributed by atoms with Crippen molar-refractivity contribution in [3.8, 4) is 0 Å². The number of carbonyl (C=O) groups is 2. The third-order valence-corrected chi connectivity index (χ3v) is 3.43. The highest BCUT2D eigenvalue weighted by atomic mass is 16.4. The number of aryl methyl sites for hydroxylation is 1. The van der Waals surface area contributed by atoms with Gasteiger partial charge in [-0.15, -0.1) is 0 Å². The van der Waals surface area contributed by atoms with Crippen LogP contribution in [0.4, 0.5) is 10.5 Å². The van der Waals surface area contributed by atoms with Gasteiger partial charge in [0.15, 0.2) is 0 Å². The van der Waals surface area contributed by atoms with Gasteiger partial charge in [0.1, 0.15) is 6.54 Å². The van der Waals surface area contributed by atoms with Gasteiger partial charge in [-0.05, 0) is 37.5 Å². The molecule has 2 N–H and O–H groups in total. The topological polar surface area (TPSA) is 69.6 Å². The Balaban J connectivity index is 2.73. The molecule has 2 amide bonds. The summed E-state index contributed by atoms with van der Waals surface area (Å²) >= 11 is 0. The van der Waals surface area contributed by atoms with Crippen molar-refractivity contribution in [3.63, 3.8) is 0 Å². The Morgan fingerprint density at radius 1 is 1.24 bits per heavy atom. The summed E-state index contributed by atoms with van der Waals surface area (Å²) in [7, 11) is 0. The molecule has 116 valence electrons. The van der Waals surface area contributed by atoms with Crippen LogP contribution in [-0.4, -0.2) is 34.6 Å². The average Bonchev–Trinajstić information content (AvgIpc) is 2.46. The summed E-state index contributed by atoms with van der Waals surface area (Å²) < 4.78 is 0. The minimum atomic E-state index is -1.01. The molecule has 0 spiro atoms. The molecule has 0 radical (unpaired) electrons. The second-order valence-electron chi connectivity index (χ2n) is 5.16. The van der Waals surface area contributed by atoms with Crippen LogP contribution in [-0.2, 0) is 11.2 Å². The van der Waals surface area contributed by atoms with E-state index in [1.807, 2.05) is 38.1 Å². The molecule has 0 aliphatic heterocycles. The summed E-state index contributed by atoms with van der Waals surface area (Å²) in [5, 5.41) is 11.7. The van der Waals surface area contributed by atoms with Gasteiger partial charge in [0.25, 0.3) is 0 Å². The van der Waals surface area contributed by atoms with Gasteiger partial charge in [0.05, 0.1) is 0 Å². The Labute approximate surface area is 126 Å². The molecule has 0 aliphatic rings. The van der Waals surface area contributed by atoms with E-state index < -0.39 is 5.97 Å². The zero-order chi connectivity index (χ0) is 15.8. The van der Waals surface area contributed by atoms with Gasteiger partial charge in [0.2, 0.25) is 0 Å². The molecule has 1 unspecified atom stereocenters. The van der Waals surface area contributed by atoms with Crippen LogP contribution in [0, 0.1) is 0 Å². The van der Waals surface area contributed by atoms with Crippen molar-refractivity contribution < 1.29 is 14.7 Å². The number of carboxylic acids is 1. The number of nitrogens with zero attached hydrogens (tertiary/aromatic N) is 1. The van der Waals surface area contributed by atoms with Crippen LogP contribution < -0.4 is 5.32 Å². The molecule has 5 heteroatoms. The Kier molecular flexibility index (Phi) is 6.72. The van der Waals surface area contributed by atoms with Crippen LogP contribution >= 0.6 is 0 Å². The molecule has 0 fully saturated rings. The molecule has 5 nitrogen and oxygen atoms in total. The molecule has 1 rings (SSSR count). The molecule has 1 aromatic rings. The number of carboxylic acid groups (broad SMARTS) is 1. The number of urea groups is 1. The highest BCUT2D eigenvalue weighted by Gasteiger charge is 2.21. The summed E-state index contributed by atoms with van der Waals surface area (Å²) in [6.07, 6.45) is 2.79. The zero-order valence-corrected chi connectivity index (χ0v) is 12.9. The third kappa shape index (κ3) is 5.45. The fraction of sp³-hybridized carbons (Fsp3) is 0.500. The number of nitrogens with one attached hydrogen (secondary N) is 1. The normalized spacial score (nSPS) is 11.8. The first kappa shape index (κ1) is 17.0. The summed E-state index contributed by atoms with van der Waals surface area (Å²) in [6, 6.07) is 7.14. The average molecular weight is 292 g/mol. The van der Waals surface area contributed by atoms with E-state index in [-0.39, 0.29) is 18.6 Å². The Morgan fingerprint density at radius 3 is 2.33 bits per heavy atom. The van der Waals surface area contributed by atoms with Crippen LogP contribution in [0.2, 0.25) is 0 Å². The third-order valence-electron chi connectivity index (χ3n) is 3.43. The number of carbonyl (C=O) groups excluding carboxylic acids is 1. The van der Waals surface area contributed by atoms with E-state index in [1.165, 1.54) is 10.5 Å². The zero-order valence-electron chi connectivity index (χ0n) is 12.9. The summed E-state index contributed by atoms with van der Waals surface area (Å²) in [5.74, 6) is -1.01. The van der Waals surface area contributed by atoms with Crippen molar-refractivity contribution in [2.45, 2.75) is 46.1 Å². The van der Waals surface area contributed by atoms with Crippen molar-refractivity contribution in [2.24, 2.45) is 0 Å². The first-order chi connectivity index (χ1) is 9.97. The lowest BCUT2D eigenvalue weighted by atomic mass is 10.1. The van der Waals surface area contributed by atoms with Crippen molar-refractivity contribution in [1.29, 1.82) is 0 Å². The quantitative estimate of drug-likeness (QED) is 0.809. The van der Waals surface area contributed by atoms with Crippen LogP contribution in [0.3, 0.4) is 0 Å². The van der Waals surface area contributed by atoms with Crippen LogP contribution in [0.25, 0.3) is 0 Å². The maximum Gasteiger partial charge on any atom is 0.323 e. The predicted molar refractivity (Wildman–Crippen MR) is 83.6 cm³/mol. The first-order valence-corrected chi connectivity index (χ1v) is 7.36. The fourth-order valence-corrected chi connectivity index (χ4v) is 2.03. The van der Waals surface area contributed by atoms with Gasteiger partial charge >= 0.3 is 12.0 Å². The number of amides is 2. The lowest BCUT2D eigenvalue weighted by molar-refractivity contribution is -0.138. The van der Waals surface area contributed by atoms with E-state index in [0.29, 0.717) is 12.1 Å². The predicted octanol–water partition coefficient (Wildman–Crippen LogP) is 3.36. The summed E-state index contributed by atoms with van der Waals surface area (Å²) in [4.78, 5) is 24.4. The van der Waals surface area contributed by atoms with Gasteiger partial charge in [-0.3, -0.25) is 4.79 Å². The molecular formula is C16H24N2O3. The second-order valence-corrected chi connectivity index (χ2v) is 5.16. The van der Waals surface area contributed by atoms with Crippen LogP contribution in [0.1, 0.15) is 39.2 Å². The summed E-state index contributed by atoms with van der Waals surface area (Å²) in [5.41, 5.74) is 1.90. The maximum absolute atomic E-state index is 12.2. The summed E-state index contributed by atoms with van der Waals surface area (Å²) in [6.45, 7) is 5.58. The van der Waals surface area contributed by atoms with E-state index in [0.717, 1.165) is 12.8 Å². The minimum absolute atomic E-state index is 0.125. The van der Waals surface area contributed by atoms with Crippen LogP contribution in [0.5, 0.6) is 0 Å². The lowest BCUT2D eigenvalue weighted by Crippen LogP contribution is -2.44. The lowest BCUT2D eigenvalue weighted by Gasteiger charge is -2.27. The van der Waals surface area contributed by atoms with Gasteiger partial charge in [0, 0.05) is 11.7 Å². The van der Waals surface area contributed by atoms with Gasteiger partial charge < -0.3 is 15.3 Å². The van der Waals surface area contributed by atoms with E-state index >= 15 is 0 Å². The highest BCUT2D eigenvalue weighted by molar-refractivity contribution is 5.91. The Hall–Kier alpha value is -2.04. The number of aliphatic carboxylic acids is 1. The van der Waals surface area contributed by atoms with Crippen molar-refractivity contribution in [1.82, 2.24) is 4.90 Å². The number of hydrogen-bond acceptors (Lipinski definition) is 2. The molecule has 0 aliphatic carbocycles. The molecule has 0 heterocycles. The minimum Gasteiger partial charge on any atom is -0.480 e.